The van der Waals surface area contributed by atoms with Gasteiger partial charge < -0.3 is 47.9 Å². The fourth-order valence-corrected chi connectivity index (χ4v) is 0. The van der Waals surface area contributed by atoms with E-state index in [2.05, 4.69) is 0 Å². The molecule has 0 aliphatic heterocycles. The van der Waals surface area contributed by atoms with Gasteiger partial charge in [-0.2, -0.15) is 0 Å². The molecule has 0 unspecified atom stereocenters. The van der Waals surface area contributed by atoms with Crippen molar-refractivity contribution < 1.29 is 60.6 Å². The fraction of sp³-hybridized carbons (Fsp3) is 0. The van der Waals surface area contributed by atoms with Gasteiger partial charge >= 0.3 is 40.4 Å². The van der Waals surface area contributed by atoms with Gasteiger partial charge in [-0.05, 0) is 0 Å². The molecule has 15 N–H and O–H groups in total. The summed E-state index contributed by atoms with van der Waals surface area (Å²) in [5.74, 6) is 0. The summed E-state index contributed by atoms with van der Waals surface area (Å²) in [5, 5.41) is 21.5. The van der Waals surface area contributed by atoms with E-state index in [1.807, 2.05) is 0 Å². The molecule has 0 amide bonds. The van der Waals surface area contributed by atoms with Crippen LogP contribution in [0.2, 0.25) is 0 Å². The molecule has 9 nitrogen and oxygen atoms in total. The van der Waals surface area contributed by atoms with Crippen molar-refractivity contribution in [2.45, 2.75) is 0 Å². The van der Waals surface area contributed by atoms with Gasteiger partial charge in [0.2, 0.25) is 0 Å². The molecule has 0 aromatic rings. The van der Waals surface area contributed by atoms with Crippen molar-refractivity contribution in [2.24, 2.45) is 0 Å². The molecular formula is H15BCl2NiO9. The fourth-order valence-electron chi connectivity index (χ4n) is 0. The van der Waals surface area contributed by atoms with Crippen molar-refractivity contribution >= 4 is 27.7 Å². The zero-order valence-electron chi connectivity index (χ0n) is 5.99. The Hall–Kier alpha value is 0.778. The van der Waals surface area contributed by atoms with E-state index in [4.69, 9.17) is 35.5 Å². The van der Waals surface area contributed by atoms with Gasteiger partial charge in [-0.25, -0.2) is 0 Å². The molecule has 13 heteroatoms. The predicted molar refractivity (Wildman–Crippen MR) is 45.8 cm³/mol. The van der Waals surface area contributed by atoms with Crippen LogP contribution in [0.1, 0.15) is 0 Å². The van der Waals surface area contributed by atoms with Crippen LogP contribution in [0.5, 0.6) is 0 Å². The van der Waals surface area contributed by atoms with E-state index in [0.29, 0.717) is 12.7 Å². The summed E-state index contributed by atoms with van der Waals surface area (Å²) in [6.45, 7) is 0. The average Bonchev–Trinajstić information content (AvgIpc) is 1.33. The quantitative estimate of drug-likeness (QED) is 0.370. The normalized spacial score (nSPS) is 3.77. The van der Waals surface area contributed by atoms with Gasteiger partial charge in [-0.1, -0.05) is 0 Å². The standard InChI is InChI=1S/BH3O3.2ClH.Ni.6H2O/c2-1(3)4;;;;;;;;;/h2-4H;2*1H;;6*1H2/q;;;+2;;;;;;/p-2. The summed E-state index contributed by atoms with van der Waals surface area (Å²) in [5.41, 5.74) is 0. The van der Waals surface area contributed by atoms with E-state index in [9.17, 15) is 0 Å². The van der Waals surface area contributed by atoms with Gasteiger partial charge in [-0.15, -0.1) is 0 Å². The van der Waals surface area contributed by atoms with Crippen LogP contribution >= 0.6 is 20.4 Å². The van der Waals surface area contributed by atoms with Gasteiger partial charge in [0.05, 0.1) is 0 Å². The van der Waals surface area contributed by atoms with Crippen molar-refractivity contribution in [2.75, 3.05) is 0 Å². The van der Waals surface area contributed by atoms with E-state index in [0.717, 1.165) is 0 Å². The second-order valence-corrected chi connectivity index (χ2v) is 2.02. The van der Waals surface area contributed by atoms with E-state index < -0.39 is 7.32 Å². The summed E-state index contributed by atoms with van der Waals surface area (Å²) in [4.78, 5) is 0. The van der Waals surface area contributed by atoms with Crippen molar-refractivity contribution in [1.82, 2.24) is 0 Å². The molecule has 13 heavy (non-hydrogen) atoms. The van der Waals surface area contributed by atoms with Crippen LogP contribution < -0.4 is 0 Å². The third-order valence-electron chi connectivity index (χ3n) is 0. The van der Waals surface area contributed by atoms with Crippen LogP contribution in [0.4, 0.5) is 0 Å². The first kappa shape index (κ1) is 67.4. The number of halogens is 2. The first-order valence-corrected chi connectivity index (χ1v) is 3.73. The summed E-state index contributed by atoms with van der Waals surface area (Å²) < 4.78 is 0. The second kappa shape index (κ2) is 77.6. The van der Waals surface area contributed by atoms with Crippen LogP contribution in [0.15, 0.2) is 0 Å². The molecule has 0 aromatic heterocycles. The maximum atomic E-state index is 7.17. The van der Waals surface area contributed by atoms with Crippen molar-refractivity contribution in [3.8, 4) is 0 Å². The van der Waals surface area contributed by atoms with Gasteiger partial charge in [0.25, 0.3) is 0 Å². The number of rotatable bonds is 0. The zero-order valence-corrected chi connectivity index (χ0v) is 8.49. The molecule has 0 heterocycles. The molecule has 96 valence electrons. The Balaban J connectivity index is -0.00000000444. The number of hydrogen-bond acceptors (Lipinski definition) is 3. The Labute approximate surface area is 88.7 Å². The van der Waals surface area contributed by atoms with Crippen LogP contribution in [-0.4, -0.2) is 55.3 Å². The molecule has 0 spiro atoms. The van der Waals surface area contributed by atoms with Gasteiger partial charge in [0.1, 0.15) is 0 Å². The molecule has 0 bridgehead atoms. The van der Waals surface area contributed by atoms with Crippen molar-refractivity contribution in [3.63, 3.8) is 0 Å². The van der Waals surface area contributed by atoms with Crippen LogP contribution in [0.25, 0.3) is 0 Å². The van der Waals surface area contributed by atoms with Crippen LogP contribution in [0, 0.1) is 0 Å². The topological polar surface area (TPSA) is 250 Å². The first-order chi connectivity index (χ1) is 3.15. The van der Waals surface area contributed by atoms with Gasteiger partial charge in [0.15, 0.2) is 0 Å². The minimum absolute atomic E-state index is 0. The Morgan fingerprint density at radius 2 is 0.692 bits per heavy atom. The Kier molecular flexibility index (Phi) is 402. The Morgan fingerprint density at radius 3 is 0.692 bits per heavy atom. The molecule has 0 aliphatic carbocycles. The minimum atomic E-state index is -2.17. The van der Waals surface area contributed by atoms with Crippen LogP contribution in [0.3, 0.4) is 0 Å². The monoisotopic (exact) mass is 298 g/mol. The molecule has 0 aromatic carbocycles. The van der Waals surface area contributed by atoms with Crippen LogP contribution in [-0.2, 0) is 12.7 Å². The predicted octanol–water partition coefficient (Wildman–Crippen LogP) is -5.62. The van der Waals surface area contributed by atoms with Crippen molar-refractivity contribution in [1.29, 1.82) is 0 Å². The SMILES string of the molecule is O.O.O.O.O.O.OB(O)O.[Cl][Ni][Cl]. The molecule has 0 fully saturated rings. The van der Waals surface area contributed by atoms with E-state index in [1.54, 1.807) is 0 Å². The maximum absolute atomic E-state index is 7.17. The summed E-state index contributed by atoms with van der Waals surface area (Å²) in [7, 11) is 7.24. The summed E-state index contributed by atoms with van der Waals surface area (Å²) in [6.07, 6.45) is 0. The summed E-state index contributed by atoms with van der Waals surface area (Å²) in [6, 6.07) is 0. The molecule has 0 aliphatic rings. The molecular weight excluding hydrogens is 284 g/mol. The zero-order chi connectivity index (χ0) is 6.28. The average molecular weight is 300 g/mol. The second-order valence-electron chi connectivity index (χ2n) is 0.392. The summed E-state index contributed by atoms with van der Waals surface area (Å²) >= 11 is 0.569. The Bertz CT molecular complexity index is 28.8. The Morgan fingerprint density at radius 1 is 0.692 bits per heavy atom. The third kappa shape index (κ3) is 2450. The third-order valence-corrected chi connectivity index (χ3v) is 0. The van der Waals surface area contributed by atoms with Crippen molar-refractivity contribution in [3.05, 3.63) is 0 Å². The molecule has 0 saturated heterocycles. The van der Waals surface area contributed by atoms with E-state index in [1.165, 1.54) is 0 Å². The van der Waals surface area contributed by atoms with Gasteiger partial charge in [-0.3, -0.25) is 0 Å². The molecule has 0 rings (SSSR count). The molecule has 0 saturated carbocycles. The molecule has 0 radical (unpaired) electrons. The first-order valence-electron chi connectivity index (χ1n) is 1.01. The van der Waals surface area contributed by atoms with Gasteiger partial charge in [0, 0.05) is 0 Å². The number of hydrogen-bond donors (Lipinski definition) is 3. The van der Waals surface area contributed by atoms with E-state index in [-0.39, 0.29) is 32.9 Å². The van der Waals surface area contributed by atoms with E-state index >= 15 is 0 Å². The molecule has 0 atom stereocenters.